The molecule has 0 radical (unpaired) electrons. The van der Waals surface area contributed by atoms with Crippen LogP contribution in [0.25, 0.3) is 0 Å². The molecule has 0 saturated carbocycles. The normalized spacial score (nSPS) is 10.1. The predicted molar refractivity (Wildman–Crippen MR) is 56.4 cm³/mol. The van der Waals surface area contributed by atoms with E-state index in [2.05, 4.69) is 31.9 Å². The van der Waals surface area contributed by atoms with Crippen LogP contribution in [0.5, 0.6) is 0 Å². The molecular formula is C7H7BBr2O2. The number of hydrogen-bond donors (Lipinski definition) is 2. The second-order valence-corrected chi connectivity index (χ2v) is 4.25. The quantitative estimate of drug-likeness (QED) is 0.764. The van der Waals surface area contributed by atoms with E-state index < -0.39 is 7.12 Å². The number of halogens is 2. The molecule has 0 atom stereocenters. The van der Waals surface area contributed by atoms with E-state index in [0.717, 1.165) is 14.5 Å². The summed E-state index contributed by atoms with van der Waals surface area (Å²) in [6.45, 7) is 1.82. The molecular weight excluding hydrogens is 287 g/mol. The summed E-state index contributed by atoms with van der Waals surface area (Å²) in [5, 5.41) is 17.9. The molecule has 12 heavy (non-hydrogen) atoms. The van der Waals surface area contributed by atoms with E-state index in [1.807, 2.05) is 13.0 Å². The van der Waals surface area contributed by atoms with Gasteiger partial charge in [0.1, 0.15) is 0 Å². The Morgan fingerprint density at radius 1 is 1.25 bits per heavy atom. The average Bonchev–Trinajstić information content (AvgIpc) is 1.96. The van der Waals surface area contributed by atoms with Crippen LogP contribution in [0.4, 0.5) is 0 Å². The first-order valence-corrected chi connectivity index (χ1v) is 4.92. The van der Waals surface area contributed by atoms with Crippen LogP contribution in [0.15, 0.2) is 21.1 Å². The highest BCUT2D eigenvalue weighted by Crippen LogP contribution is 2.19. The molecule has 0 spiro atoms. The van der Waals surface area contributed by atoms with Gasteiger partial charge >= 0.3 is 7.12 Å². The maximum atomic E-state index is 8.97. The van der Waals surface area contributed by atoms with Gasteiger partial charge in [0.05, 0.1) is 0 Å². The molecule has 0 unspecified atom stereocenters. The predicted octanol–water partition coefficient (Wildman–Crippen LogP) is 1.20. The molecule has 64 valence electrons. The molecule has 2 nitrogen and oxygen atoms in total. The molecule has 0 aromatic heterocycles. The van der Waals surface area contributed by atoms with E-state index in [1.54, 1.807) is 6.07 Å². The van der Waals surface area contributed by atoms with Gasteiger partial charge in [-0.1, -0.05) is 31.9 Å². The van der Waals surface area contributed by atoms with Gasteiger partial charge in [0.25, 0.3) is 0 Å². The summed E-state index contributed by atoms with van der Waals surface area (Å²) >= 11 is 6.58. The van der Waals surface area contributed by atoms with E-state index in [9.17, 15) is 0 Å². The van der Waals surface area contributed by atoms with Crippen LogP contribution in [-0.4, -0.2) is 17.2 Å². The third-order valence-electron chi connectivity index (χ3n) is 1.63. The first kappa shape index (κ1) is 10.2. The highest BCUT2D eigenvalue weighted by atomic mass is 79.9. The molecule has 0 amide bonds. The average molecular weight is 294 g/mol. The van der Waals surface area contributed by atoms with Crippen LogP contribution in [0.3, 0.4) is 0 Å². The Balaban J connectivity index is 3.28. The molecule has 2 N–H and O–H groups in total. The van der Waals surface area contributed by atoms with Crippen molar-refractivity contribution in [2.24, 2.45) is 0 Å². The molecule has 0 saturated heterocycles. The first-order valence-electron chi connectivity index (χ1n) is 3.34. The SMILES string of the molecule is Cc1c(Br)cc(Br)cc1B(O)O. The Labute approximate surface area is 88.0 Å². The molecule has 0 bridgehead atoms. The standard InChI is InChI=1S/C7H7BBr2O2/c1-4-6(8(11)12)2-5(9)3-7(4)10/h2-3,11-12H,1H3. The molecule has 0 aliphatic heterocycles. The lowest BCUT2D eigenvalue weighted by Crippen LogP contribution is -2.32. The Morgan fingerprint density at radius 2 is 1.83 bits per heavy atom. The van der Waals surface area contributed by atoms with Crippen molar-refractivity contribution >= 4 is 44.4 Å². The fourth-order valence-electron chi connectivity index (χ4n) is 0.934. The van der Waals surface area contributed by atoms with Gasteiger partial charge < -0.3 is 10.0 Å². The van der Waals surface area contributed by atoms with E-state index in [-0.39, 0.29) is 0 Å². The van der Waals surface area contributed by atoms with Crippen LogP contribution in [0.2, 0.25) is 0 Å². The topological polar surface area (TPSA) is 40.5 Å². The van der Waals surface area contributed by atoms with Crippen molar-refractivity contribution in [3.63, 3.8) is 0 Å². The lowest BCUT2D eigenvalue weighted by atomic mass is 9.77. The highest BCUT2D eigenvalue weighted by Gasteiger charge is 2.15. The van der Waals surface area contributed by atoms with Crippen molar-refractivity contribution in [3.05, 3.63) is 26.6 Å². The molecule has 1 rings (SSSR count). The van der Waals surface area contributed by atoms with Gasteiger partial charge in [-0.3, -0.25) is 0 Å². The molecule has 0 heterocycles. The Bertz CT molecular complexity index is 302. The fourth-order valence-corrected chi connectivity index (χ4v) is 2.19. The van der Waals surface area contributed by atoms with Gasteiger partial charge in [0, 0.05) is 8.95 Å². The van der Waals surface area contributed by atoms with Crippen molar-refractivity contribution in [1.29, 1.82) is 0 Å². The minimum absolute atomic E-state index is 0.510. The van der Waals surface area contributed by atoms with E-state index in [4.69, 9.17) is 10.0 Å². The first-order chi connectivity index (χ1) is 5.52. The minimum atomic E-state index is -1.42. The second kappa shape index (κ2) is 3.92. The summed E-state index contributed by atoms with van der Waals surface area (Å²) in [5.41, 5.74) is 1.35. The van der Waals surface area contributed by atoms with Crippen molar-refractivity contribution in [2.75, 3.05) is 0 Å². The number of benzene rings is 1. The van der Waals surface area contributed by atoms with Crippen LogP contribution in [0.1, 0.15) is 5.56 Å². The van der Waals surface area contributed by atoms with Crippen molar-refractivity contribution in [3.8, 4) is 0 Å². The van der Waals surface area contributed by atoms with Gasteiger partial charge in [-0.15, -0.1) is 0 Å². The summed E-state index contributed by atoms with van der Waals surface area (Å²) in [7, 11) is -1.42. The number of hydrogen-bond acceptors (Lipinski definition) is 2. The van der Waals surface area contributed by atoms with Crippen molar-refractivity contribution in [1.82, 2.24) is 0 Å². The third kappa shape index (κ3) is 2.10. The van der Waals surface area contributed by atoms with Gasteiger partial charge in [0.2, 0.25) is 0 Å². The van der Waals surface area contributed by atoms with Crippen LogP contribution < -0.4 is 5.46 Å². The zero-order valence-electron chi connectivity index (χ0n) is 6.38. The monoisotopic (exact) mass is 292 g/mol. The maximum absolute atomic E-state index is 8.97. The van der Waals surface area contributed by atoms with Gasteiger partial charge in [-0.05, 0) is 30.1 Å². The maximum Gasteiger partial charge on any atom is 0.488 e. The fraction of sp³-hybridized carbons (Fsp3) is 0.143. The smallest absolute Gasteiger partial charge is 0.423 e. The lowest BCUT2D eigenvalue weighted by Gasteiger charge is -2.07. The van der Waals surface area contributed by atoms with Gasteiger partial charge in [-0.25, -0.2) is 0 Å². The molecule has 1 aromatic rings. The van der Waals surface area contributed by atoms with E-state index >= 15 is 0 Å². The van der Waals surface area contributed by atoms with Gasteiger partial charge in [-0.2, -0.15) is 0 Å². The van der Waals surface area contributed by atoms with E-state index in [0.29, 0.717) is 5.46 Å². The molecule has 5 heteroatoms. The lowest BCUT2D eigenvalue weighted by molar-refractivity contribution is 0.425. The van der Waals surface area contributed by atoms with E-state index in [1.165, 1.54) is 0 Å². The summed E-state index contributed by atoms with van der Waals surface area (Å²) in [6.07, 6.45) is 0. The molecule has 1 aromatic carbocycles. The summed E-state index contributed by atoms with van der Waals surface area (Å²) in [6, 6.07) is 3.55. The zero-order valence-corrected chi connectivity index (χ0v) is 9.55. The van der Waals surface area contributed by atoms with Crippen molar-refractivity contribution in [2.45, 2.75) is 6.92 Å². The Hall–Kier alpha value is 0.165. The number of rotatable bonds is 1. The summed E-state index contributed by atoms with van der Waals surface area (Å²) < 4.78 is 1.68. The summed E-state index contributed by atoms with van der Waals surface area (Å²) in [5.74, 6) is 0. The Kier molecular flexibility index (Phi) is 3.34. The zero-order chi connectivity index (χ0) is 9.30. The molecule has 0 fully saturated rings. The van der Waals surface area contributed by atoms with Crippen LogP contribution in [0, 0.1) is 6.92 Å². The molecule has 0 aliphatic rings. The van der Waals surface area contributed by atoms with Gasteiger partial charge in [0.15, 0.2) is 0 Å². The molecule has 0 aliphatic carbocycles. The minimum Gasteiger partial charge on any atom is -0.423 e. The Morgan fingerprint density at radius 3 is 2.33 bits per heavy atom. The largest absolute Gasteiger partial charge is 0.488 e. The van der Waals surface area contributed by atoms with Crippen LogP contribution in [-0.2, 0) is 0 Å². The van der Waals surface area contributed by atoms with Crippen LogP contribution >= 0.6 is 31.9 Å². The highest BCUT2D eigenvalue weighted by molar-refractivity contribution is 9.11. The second-order valence-electron chi connectivity index (χ2n) is 2.48. The van der Waals surface area contributed by atoms with Crippen molar-refractivity contribution < 1.29 is 10.0 Å². The summed E-state index contributed by atoms with van der Waals surface area (Å²) in [4.78, 5) is 0. The third-order valence-corrected chi connectivity index (χ3v) is 2.91.